The number of nitrogens with one attached hydrogen (secondary N) is 2. The van der Waals surface area contributed by atoms with Crippen molar-refractivity contribution >= 4 is 11.6 Å². The molecule has 0 bridgehead atoms. The van der Waals surface area contributed by atoms with Crippen molar-refractivity contribution in [1.29, 1.82) is 0 Å². The maximum atomic E-state index is 4.46. The first-order chi connectivity index (χ1) is 7.92. The fourth-order valence-electron chi connectivity index (χ4n) is 1.89. The molecule has 2 heterocycles. The van der Waals surface area contributed by atoms with Gasteiger partial charge in [0.1, 0.15) is 11.6 Å². The van der Waals surface area contributed by atoms with Gasteiger partial charge < -0.3 is 15.5 Å². The van der Waals surface area contributed by atoms with Gasteiger partial charge in [-0.3, -0.25) is 0 Å². The van der Waals surface area contributed by atoms with E-state index in [0.29, 0.717) is 6.04 Å². The summed E-state index contributed by atoms with van der Waals surface area (Å²) in [4.78, 5) is 11.1. The number of aromatic nitrogens is 2. The van der Waals surface area contributed by atoms with Crippen molar-refractivity contribution in [1.82, 2.24) is 15.3 Å². The van der Waals surface area contributed by atoms with Gasteiger partial charge in [0, 0.05) is 32.2 Å². The van der Waals surface area contributed by atoms with Crippen molar-refractivity contribution in [2.24, 2.45) is 0 Å². The van der Waals surface area contributed by atoms with Gasteiger partial charge in [-0.05, 0) is 12.8 Å². The van der Waals surface area contributed by atoms with Crippen LogP contribution in [0.1, 0.15) is 12.8 Å². The molecule has 3 rings (SSSR count). The summed E-state index contributed by atoms with van der Waals surface area (Å²) in [5, 5.41) is 6.67. The fraction of sp³-hybridized carbons (Fsp3) is 0.636. The summed E-state index contributed by atoms with van der Waals surface area (Å²) in [6.45, 7) is 4.10. The Hall–Kier alpha value is -1.36. The maximum Gasteiger partial charge on any atom is 0.147 e. The highest BCUT2D eigenvalue weighted by Crippen LogP contribution is 2.23. The van der Waals surface area contributed by atoms with Crippen LogP contribution in [-0.2, 0) is 0 Å². The molecule has 0 aromatic carbocycles. The van der Waals surface area contributed by atoms with E-state index in [9.17, 15) is 0 Å². The Kier molecular flexibility index (Phi) is 2.61. The number of rotatable bonds is 3. The second-order valence-corrected chi connectivity index (χ2v) is 4.42. The van der Waals surface area contributed by atoms with Crippen LogP contribution < -0.4 is 15.5 Å². The lowest BCUT2D eigenvalue weighted by molar-refractivity contribution is 0.584. The van der Waals surface area contributed by atoms with Gasteiger partial charge in [0.05, 0.1) is 12.4 Å². The highest BCUT2D eigenvalue weighted by atomic mass is 15.2. The number of hydrogen-bond acceptors (Lipinski definition) is 5. The summed E-state index contributed by atoms with van der Waals surface area (Å²) in [7, 11) is 0. The lowest BCUT2D eigenvalue weighted by Gasteiger charge is -2.28. The molecule has 5 heteroatoms. The van der Waals surface area contributed by atoms with Crippen molar-refractivity contribution in [2.45, 2.75) is 18.9 Å². The molecule has 1 aliphatic heterocycles. The highest BCUT2D eigenvalue weighted by molar-refractivity contribution is 5.42. The third kappa shape index (κ3) is 2.24. The second kappa shape index (κ2) is 4.25. The summed E-state index contributed by atoms with van der Waals surface area (Å²) in [6.07, 6.45) is 6.24. The SMILES string of the molecule is c1nc(N2CCNCC2)cnc1NC1CC1. The van der Waals surface area contributed by atoms with Crippen LogP contribution in [-0.4, -0.2) is 42.2 Å². The standard InChI is InChI=1S/C11H17N5/c1-2-9(1)15-10-7-14-11(8-13-10)16-5-3-12-4-6-16/h7-9,12H,1-6H2,(H,13,15). The molecule has 2 aliphatic rings. The molecule has 0 spiro atoms. The van der Waals surface area contributed by atoms with Gasteiger partial charge in [-0.25, -0.2) is 9.97 Å². The van der Waals surface area contributed by atoms with E-state index in [1.165, 1.54) is 12.8 Å². The molecule has 1 aromatic rings. The van der Waals surface area contributed by atoms with Crippen LogP contribution in [0.25, 0.3) is 0 Å². The third-order valence-electron chi connectivity index (χ3n) is 3.01. The Morgan fingerprint density at radius 3 is 2.62 bits per heavy atom. The van der Waals surface area contributed by atoms with E-state index < -0.39 is 0 Å². The minimum Gasteiger partial charge on any atom is -0.366 e. The smallest absolute Gasteiger partial charge is 0.147 e. The first kappa shape index (κ1) is 9.84. The Morgan fingerprint density at radius 2 is 2.00 bits per heavy atom. The van der Waals surface area contributed by atoms with Crippen LogP contribution in [0.3, 0.4) is 0 Å². The Morgan fingerprint density at radius 1 is 1.19 bits per heavy atom. The van der Waals surface area contributed by atoms with Crippen molar-refractivity contribution in [2.75, 3.05) is 36.4 Å². The molecule has 16 heavy (non-hydrogen) atoms. The predicted molar refractivity (Wildman–Crippen MR) is 63.8 cm³/mol. The van der Waals surface area contributed by atoms with Crippen LogP contribution in [0.4, 0.5) is 11.6 Å². The zero-order valence-electron chi connectivity index (χ0n) is 9.32. The Labute approximate surface area is 95.3 Å². The van der Waals surface area contributed by atoms with Gasteiger partial charge >= 0.3 is 0 Å². The van der Waals surface area contributed by atoms with E-state index in [0.717, 1.165) is 37.8 Å². The molecule has 1 aliphatic carbocycles. The fourth-order valence-corrected chi connectivity index (χ4v) is 1.89. The van der Waals surface area contributed by atoms with Crippen LogP contribution in [0.5, 0.6) is 0 Å². The molecular weight excluding hydrogens is 202 g/mol. The summed E-state index contributed by atoms with van der Waals surface area (Å²) in [5.41, 5.74) is 0. The molecular formula is C11H17N5. The Balaban J connectivity index is 1.65. The average Bonchev–Trinajstić information content (AvgIpc) is 3.15. The molecule has 1 saturated carbocycles. The zero-order chi connectivity index (χ0) is 10.8. The molecule has 5 nitrogen and oxygen atoms in total. The molecule has 1 saturated heterocycles. The number of hydrogen-bond donors (Lipinski definition) is 2. The maximum absolute atomic E-state index is 4.46. The molecule has 2 fully saturated rings. The van der Waals surface area contributed by atoms with Crippen molar-refractivity contribution in [3.8, 4) is 0 Å². The van der Waals surface area contributed by atoms with Gasteiger partial charge in [-0.15, -0.1) is 0 Å². The topological polar surface area (TPSA) is 53.1 Å². The summed E-state index contributed by atoms with van der Waals surface area (Å²) in [6, 6.07) is 0.638. The molecule has 0 unspecified atom stereocenters. The molecule has 0 atom stereocenters. The third-order valence-corrected chi connectivity index (χ3v) is 3.01. The van der Waals surface area contributed by atoms with Crippen LogP contribution in [0, 0.1) is 0 Å². The molecule has 0 radical (unpaired) electrons. The van der Waals surface area contributed by atoms with E-state index in [-0.39, 0.29) is 0 Å². The minimum atomic E-state index is 0.638. The van der Waals surface area contributed by atoms with Crippen LogP contribution >= 0.6 is 0 Å². The molecule has 0 amide bonds. The summed E-state index contributed by atoms with van der Waals surface area (Å²) in [5.74, 6) is 1.89. The quantitative estimate of drug-likeness (QED) is 0.773. The summed E-state index contributed by atoms with van der Waals surface area (Å²) < 4.78 is 0. The van der Waals surface area contributed by atoms with Crippen molar-refractivity contribution in [3.63, 3.8) is 0 Å². The van der Waals surface area contributed by atoms with E-state index in [4.69, 9.17) is 0 Å². The molecule has 1 aromatic heterocycles. The average molecular weight is 219 g/mol. The number of anilines is 2. The monoisotopic (exact) mass is 219 g/mol. The van der Waals surface area contributed by atoms with Gasteiger partial charge in [-0.1, -0.05) is 0 Å². The van der Waals surface area contributed by atoms with Crippen LogP contribution in [0.15, 0.2) is 12.4 Å². The van der Waals surface area contributed by atoms with Gasteiger partial charge in [0.15, 0.2) is 0 Å². The van der Waals surface area contributed by atoms with E-state index in [1.807, 2.05) is 12.4 Å². The zero-order valence-corrected chi connectivity index (χ0v) is 9.32. The van der Waals surface area contributed by atoms with Crippen molar-refractivity contribution < 1.29 is 0 Å². The first-order valence-electron chi connectivity index (χ1n) is 5.96. The van der Waals surface area contributed by atoms with E-state index >= 15 is 0 Å². The van der Waals surface area contributed by atoms with E-state index in [2.05, 4.69) is 25.5 Å². The normalized spacial score (nSPS) is 20.9. The Bertz CT molecular complexity index is 340. The minimum absolute atomic E-state index is 0.638. The second-order valence-electron chi connectivity index (χ2n) is 4.42. The lowest BCUT2D eigenvalue weighted by Crippen LogP contribution is -2.43. The first-order valence-corrected chi connectivity index (χ1v) is 5.96. The number of piperazine rings is 1. The van der Waals surface area contributed by atoms with Crippen molar-refractivity contribution in [3.05, 3.63) is 12.4 Å². The predicted octanol–water partition coefficient (Wildman–Crippen LogP) is 0.460. The lowest BCUT2D eigenvalue weighted by atomic mass is 10.3. The summed E-state index contributed by atoms with van der Waals surface area (Å²) >= 11 is 0. The van der Waals surface area contributed by atoms with Crippen LogP contribution in [0.2, 0.25) is 0 Å². The van der Waals surface area contributed by atoms with E-state index in [1.54, 1.807) is 0 Å². The van der Waals surface area contributed by atoms with Gasteiger partial charge in [0.2, 0.25) is 0 Å². The largest absolute Gasteiger partial charge is 0.366 e. The molecule has 86 valence electrons. The van der Waals surface area contributed by atoms with Gasteiger partial charge in [0.25, 0.3) is 0 Å². The molecule has 2 N–H and O–H groups in total. The number of nitrogens with zero attached hydrogens (tertiary/aromatic N) is 3. The highest BCUT2D eigenvalue weighted by Gasteiger charge is 2.21. The van der Waals surface area contributed by atoms with Gasteiger partial charge in [-0.2, -0.15) is 0 Å².